The summed E-state index contributed by atoms with van der Waals surface area (Å²) in [7, 11) is -4.02. The first-order chi connectivity index (χ1) is 16.4. The highest BCUT2D eigenvalue weighted by molar-refractivity contribution is 7.89. The van der Waals surface area contributed by atoms with Gasteiger partial charge in [-0.3, -0.25) is 4.79 Å². The number of para-hydroxylation sites is 1. The van der Waals surface area contributed by atoms with Crippen molar-refractivity contribution in [3.8, 4) is 0 Å². The van der Waals surface area contributed by atoms with E-state index in [1.807, 2.05) is 48.5 Å². The summed E-state index contributed by atoms with van der Waals surface area (Å²) in [4.78, 5) is 18.1. The summed E-state index contributed by atoms with van der Waals surface area (Å²) in [6, 6.07) is 25.7. The first kappa shape index (κ1) is 22.4. The Bertz CT molecular complexity index is 1580. The molecule has 0 amide bonds. The van der Waals surface area contributed by atoms with Crippen LogP contribution >= 0.6 is 11.3 Å². The molecule has 0 spiro atoms. The van der Waals surface area contributed by atoms with E-state index in [4.69, 9.17) is 5.73 Å². The third-order valence-corrected chi connectivity index (χ3v) is 8.09. The number of benzene rings is 4. The van der Waals surface area contributed by atoms with Gasteiger partial charge in [0.25, 0.3) is 0 Å². The van der Waals surface area contributed by atoms with Gasteiger partial charge in [0.05, 0.1) is 15.1 Å². The summed E-state index contributed by atoms with van der Waals surface area (Å²) in [6.45, 7) is 0.347. The van der Waals surface area contributed by atoms with Gasteiger partial charge in [-0.1, -0.05) is 66.7 Å². The number of nitrogens with two attached hydrogens (primary N) is 1. The van der Waals surface area contributed by atoms with E-state index >= 15 is 0 Å². The summed E-state index contributed by atoms with van der Waals surface area (Å²) in [5.41, 5.74) is 7.81. The first-order valence-corrected chi connectivity index (χ1v) is 12.9. The molecule has 0 aliphatic rings. The molecule has 5 aromatic rings. The van der Waals surface area contributed by atoms with Gasteiger partial charge in [0.2, 0.25) is 15.8 Å². The van der Waals surface area contributed by atoms with Crippen molar-refractivity contribution in [2.24, 2.45) is 5.73 Å². The summed E-state index contributed by atoms with van der Waals surface area (Å²) >= 11 is 1.24. The maximum atomic E-state index is 13.6. The monoisotopic (exact) mass is 487 g/mol. The van der Waals surface area contributed by atoms with Crippen LogP contribution in [-0.4, -0.2) is 19.2 Å². The quantitative estimate of drug-likeness (QED) is 0.321. The number of fused-ring (bicyclic) bond motifs is 2. The number of ketones is 1. The fraction of sp³-hybridized carbons (Fsp3) is 0.0769. The lowest BCUT2D eigenvalue weighted by Crippen LogP contribution is -2.34. The van der Waals surface area contributed by atoms with Crippen LogP contribution in [0.4, 0.5) is 0 Å². The molecule has 0 radical (unpaired) electrons. The van der Waals surface area contributed by atoms with Crippen LogP contribution in [0, 0.1) is 0 Å². The number of hydrogen-bond acceptors (Lipinski definition) is 6. The van der Waals surface area contributed by atoms with Crippen molar-refractivity contribution >= 4 is 48.1 Å². The SMILES string of the molecule is NCc1ccc(C(NS(=O)(=O)c2ccc3ccccc3c2)C(=O)c2nc3ccccc3s2)cc1. The molecule has 0 bridgehead atoms. The van der Waals surface area contributed by atoms with Crippen LogP contribution in [0.2, 0.25) is 0 Å². The normalized spacial score (nSPS) is 12.7. The Morgan fingerprint density at radius 2 is 1.62 bits per heavy atom. The zero-order valence-corrected chi connectivity index (χ0v) is 19.6. The molecule has 1 atom stereocenters. The topological polar surface area (TPSA) is 102 Å². The maximum Gasteiger partial charge on any atom is 0.241 e. The summed E-state index contributed by atoms with van der Waals surface area (Å²) < 4.78 is 30.3. The second-order valence-corrected chi connectivity index (χ2v) is 10.6. The molecule has 170 valence electrons. The van der Waals surface area contributed by atoms with E-state index in [0.29, 0.717) is 17.6 Å². The number of nitrogens with one attached hydrogen (secondary N) is 1. The van der Waals surface area contributed by atoms with Gasteiger partial charge in [0.1, 0.15) is 6.04 Å². The van der Waals surface area contributed by atoms with Crippen LogP contribution in [0.3, 0.4) is 0 Å². The number of nitrogens with zero attached hydrogens (tertiary/aromatic N) is 1. The largest absolute Gasteiger partial charge is 0.326 e. The molecule has 4 aromatic carbocycles. The molecular weight excluding hydrogens is 466 g/mol. The molecule has 0 saturated heterocycles. The van der Waals surface area contributed by atoms with Gasteiger partial charge in [-0.15, -0.1) is 11.3 Å². The van der Waals surface area contributed by atoms with Crippen LogP contribution in [0.5, 0.6) is 0 Å². The van der Waals surface area contributed by atoms with E-state index in [1.165, 1.54) is 11.3 Å². The zero-order chi connectivity index (χ0) is 23.7. The highest BCUT2D eigenvalue weighted by Crippen LogP contribution is 2.28. The van der Waals surface area contributed by atoms with Crippen molar-refractivity contribution in [3.05, 3.63) is 107 Å². The van der Waals surface area contributed by atoms with Crippen LogP contribution in [0.1, 0.15) is 27.0 Å². The van der Waals surface area contributed by atoms with Crippen molar-refractivity contribution in [1.29, 1.82) is 0 Å². The molecule has 34 heavy (non-hydrogen) atoms. The molecule has 0 fully saturated rings. The van der Waals surface area contributed by atoms with Gasteiger partial charge in [-0.05, 0) is 46.2 Å². The maximum absolute atomic E-state index is 13.6. The predicted molar refractivity (Wildman–Crippen MR) is 135 cm³/mol. The van der Waals surface area contributed by atoms with Gasteiger partial charge >= 0.3 is 0 Å². The Balaban J connectivity index is 1.55. The van der Waals surface area contributed by atoms with E-state index in [2.05, 4.69) is 9.71 Å². The standard InChI is InChI=1S/C26H21N3O3S2/c27-16-17-9-11-19(12-10-17)24(25(30)26-28-22-7-3-4-8-23(22)33-26)29-34(31,32)21-14-13-18-5-1-2-6-20(18)15-21/h1-15,24,29H,16,27H2. The average molecular weight is 488 g/mol. The van der Waals surface area contributed by atoms with Crippen LogP contribution in [0.25, 0.3) is 21.0 Å². The Labute approximate surface area is 201 Å². The molecule has 6 nitrogen and oxygen atoms in total. The fourth-order valence-electron chi connectivity index (χ4n) is 3.78. The number of carbonyl (C=O) groups is 1. The number of aromatic nitrogens is 1. The third-order valence-electron chi connectivity index (χ3n) is 5.62. The Morgan fingerprint density at radius 1 is 0.912 bits per heavy atom. The minimum absolute atomic E-state index is 0.0897. The molecule has 0 saturated carbocycles. The number of thiazole rings is 1. The van der Waals surface area contributed by atoms with Gasteiger partial charge in [-0.25, -0.2) is 13.4 Å². The van der Waals surface area contributed by atoms with E-state index < -0.39 is 21.8 Å². The summed E-state index contributed by atoms with van der Waals surface area (Å²) in [6.07, 6.45) is 0. The van der Waals surface area contributed by atoms with E-state index in [1.54, 1.807) is 42.5 Å². The van der Waals surface area contributed by atoms with Gasteiger partial charge in [0.15, 0.2) is 5.01 Å². The lowest BCUT2D eigenvalue weighted by molar-refractivity contribution is 0.0953. The van der Waals surface area contributed by atoms with Crippen molar-refractivity contribution in [2.45, 2.75) is 17.5 Å². The van der Waals surface area contributed by atoms with Crippen LogP contribution in [0.15, 0.2) is 95.9 Å². The van der Waals surface area contributed by atoms with Crippen molar-refractivity contribution in [1.82, 2.24) is 9.71 Å². The minimum atomic E-state index is -4.02. The minimum Gasteiger partial charge on any atom is -0.326 e. The lowest BCUT2D eigenvalue weighted by atomic mass is 10.0. The lowest BCUT2D eigenvalue weighted by Gasteiger charge is -2.18. The summed E-state index contributed by atoms with van der Waals surface area (Å²) in [5.74, 6) is -0.411. The molecule has 5 rings (SSSR count). The third kappa shape index (κ3) is 4.36. The zero-order valence-electron chi connectivity index (χ0n) is 18.0. The van der Waals surface area contributed by atoms with Crippen LogP contribution < -0.4 is 10.5 Å². The Kier molecular flexibility index (Phi) is 5.97. The fourth-order valence-corrected chi connectivity index (χ4v) is 5.93. The average Bonchev–Trinajstić information content (AvgIpc) is 3.31. The van der Waals surface area contributed by atoms with E-state index in [9.17, 15) is 13.2 Å². The smallest absolute Gasteiger partial charge is 0.241 e. The van der Waals surface area contributed by atoms with E-state index in [0.717, 1.165) is 21.0 Å². The molecule has 3 N–H and O–H groups in total. The second-order valence-electron chi connectivity index (χ2n) is 7.86. The molecule has 0 aliphatic carbocycles. The first-order valence-electron chi connectivity index (χ1n) is 10.6. The van der Waals surface area contributed by atoms with Crippen LogP contribution in [-0.2, 0) is 16.6 Å². The second kappa shape index (κ2) is 9.08. The highest BCUT2D eigenvalue weighted by atomic mass is 32.2. The molecular formula is C26H21N3O3S2. The number of hydrogen-bond donors (Lipinski definition) is 2. The number of sulfonamides is 1. The van der Waals surface area contributed by atoms with Gasteiger partial charge < -0.3 is 5.73 Å². The van der Waals surface area contributed by atoms with E-state index in [-0.39, 0.29) is 9.90 Å². The number of Topliss-reactive ketones (excluding diaryl/α,β-unsaturated/α-hetero) is 1. The number of carbonyl (C=O) groups excluding carboxylic acids is 1. The molecule has 1 aromatic heterocycles. The molecule has 8 heteroatoms. The number of rotatable bonds is 7. The van der Waals surface area contributed by atoms with Crippen molar-refractivity contribution in [3.63, 3.8) is 0 Å². The Morgan fingerprint density at radius 3 is 2.35 bits per heavy atom. The van der Waals surface area contributed by atoms with Gasteiger partial charge in [-0.2, -0.15) is 4.72 Å². The Hall–Kier alpha value is -3.43. The molecule has 1 heterocycles. The van der Waals surface area contributed by atoms with Crippen molar-refractivity contribution in [2.75, 3.05) is 0 Å². The van der Waals surface area contributed by atoms with Gasteiger partial charge in [0, 0.05) is 6.54 Å². The predicted octanol–water partition coefficient (Wildman–Crippen LogP) is 4.81. The molecule has 0 aliphatic heterocycles. The highest BCUT2D eigenvalue weighted by Gasteiger charge is 2.30. The summed E-state index contributed by atoms with van der Waals surface area (Å²) in [5, 5.41) is 1.97. The molecule has 1 unspecified atom stereocenters. The van der Waals surface area contributed by atoms with Crippen molar-refractivity contribution < 1.29 is 13.2 Å².